The van der Waals surface area contributed by atoms with Gasteiger partial charge in [0.1, 0.15) is 5.82 Å². The summed E-state index contributed by atoms with van der Waals surface area (Å²) in [6.45, 7) is 2.99. The molecule has 1 rings (SSSR count). The number of ether oxygens (including phenoxy) is 1. The molecular weight excluding hydrogens is 223 g/mol. The Labute approximate surface area is 100 Å². The predicted octanol–water partition coefficient (Wildman–Crippen LogP) is 2.14. The van der Waals surface area contributed by atoms with Gasteiger partial charge in [-0.3, -0.25) is 4.90 Å². The number of carbonyl (C=O) groups excluding carboxylic acids is 1. The second-order valence-corrected chi connectivity index (χ2v) is 3.47. The highest BCUT2D eigenvalue weighted by molar-refractivity contribution is 5.87. The zero-order valence-electron chi connectivity index (χ0n) is 9.86. The van der Waals surface area contributed by atoms with Crippen molar-refractivity contribution < 1.29 is 13.9 Å². The third kappa shape index (κ3) is 4.03. The van der Waals surface area contributed by atoms with Gasteiger partial charge in [-0.2, -0.15) is 0 Å². The zero-order valence-corrected chi connectivity index (χ0v) is 9.86. The van der Waals surface area contributed by atoms with Crippen LogP contribution in [-0.2, 0) is 4.74 Å². The minimum atomic E-state index is -0.437. The van der Waals surface area contributed by atoms with Gasteiger partial charge in [-0.1, -0.05) is 0 Å². The number of benzene rings is 1. The largest absolute Gasteiger partial charge is 0.449 e. The van der Waals surface area contributed by atoms with Gasteiger partial charge in [-0.15, -0.1) is 0 Å². The van der Waals surface area contributed by atoms with Gasteiger partial charge in [0.2, 0.25) is 0 Å². The summed E-state index contributed by atoms with van der Waals surface area (Å²) in [6.07, 6.45) is 0.225. The Kier molecular flexibility index (Phi) is 5.42. The van der Waals surface area contributed by atoms with E-state index in [0.29, 0.717) is 31.8 Å². The molecule has 0 heterocycles. The van der Waals surface area contributed by atoms with Crippen LogP contribution in [0.4, 0.5) is 14.9 Å². The van der Waals surface area contributed by atoms with Crippen LogP contribution in [0.15, 0.2) is 24.3 Å². The first kappa shape index (κ1) is 13.4. The molecule has 0 radical (unpaired) electrons. The Morgan fingerprint density at radius 3 is 2.59 bits per heavy atom. The van der Waals surface area contributed by atoms with Crippen LogP contribution in [-0.4, -0.2) is 25.8 Å². The van der Waals surface area contributed by atoms with E-state index < -0.39 is 6.09 Å². The number of halogens is 1. The fraction of sp³-hybridized carbons (Fsp3) is 0.417. The monoisotopic (exact) mass is 240 g/mol. The summed E-state index contributed by atoms with van der Waals surface area (Å²) in [5.74, 6) is -0.337. The van der Waals surface area contributed by atoms with Crippen LogP contribution in [0.5, 0.6) is 0 Å². The minimum absolute atomic E-state index is 0.305. The molecule has 0 atom stereocenters. The lowest BCUT2D eigenvalue weighted by molar-refractivity contribution is 0.159. The lowest BCUT2D eigenvalue weighted by Crippen LogP contribution is -2.33. The van der Waals surface area contributed by atoms with E-state index in [-0.39, 0.29) is 5.82 Å². The Hall–Kier alpha value is -1.62. The average Bonchev–Trinajstić information content (AvgIpc) is 2.32. The first-order valence-electron chi connectivity index (χ1n) is 5.59. The first-order valence-corrected chi connectivity index (χ1v) is 5.59. The quantitative estimate of drug-likeness (QED) is 0.857. The summed E-state index contributed by atoms with van der Waals surface area (Å²) in [6, 6.07) is 5.71. The maximum Gasteiger partial charge on any atom is 0.414 e. The second kappa shape index (κ2) is 6.85. The molecule has 0 saturated heterocycles. The van der Waals surface area contributed by atoms with Crippen molar-refractivity contribution in [3.63, 3.8) is 0 Å². The van der Waals surface area contributed by atoms with Gasteiger partial charge in [0, 0.05) is 12.2 Å². The van der Waals surface area contributed by atoms with Gasteiger partial charge in [-0.05, 0) is 44.2 Å². The normalized spacial score (nSPS) is 10.1. The van der Waals surface area contributed by atoms with E-state index in [2.05, 4.69) is 0 Å². The summed E-state index contributed by atoms with van der Waals surface area (Å²) >= 11 is 0. The molecule has 1 aromatic carbocycles. The summed E-state index contributed by atoms with van der Waals surface area (Å²) < 4.78 is 17.7. The van der Waals surface area contributed by atoms with E-state index in [1.807, 2.05) is 0 Å². The van der Waals surface area contributed by atoms with Crippen LogP contribution in [0.2, 0.25) is 0 Å². The lowest BCUT2D eigenvalue weighted by Gasteiger charge is -2.21. The fourth-order valence-corrected chi connectivity index (χ4v) is 1.40. The van der Waals surface area contributed by atoms with Crippen LogP contribution >= 0.6 is 0 Å². The van der Waals surface area contributed by atoms with Crippen molar-refractivity contribution >= 4 is 11.8 Å². The highest BCUT2D eigenvalue weighted by Gasteiger charge is 2.15. The number of hydrogen-bond donors (Lipinski definition) is 1. The molecule has 1 amide bonds. The summed E-state index contributed by atoms with van der Waals surface area (Å²) in [5.41, 5.74) is 6.02. The van der Waals surface area contributed by atoms with E-state index in [1.165, 1.54) is 17.0 Å². The number of hydrogen-bond acceptors (Lipinski definition) is 3. The van der Waals surface area contributed by atoms with Crippen molar-refractivity contribution in [1.82, 2.24) is 0 Å². The molecule has 0 bridgehead atoms. The van der Waals surface area contributed by atoms with Crippen molar-refractivity contribution in [2.75, 3.05) is 24.6 Å². The van der Waals surface area contributed by atoms with Crippen LogP contribution in [0.3, 0.4) is 0 Å². The molecule has 94 valence electrons. The van der Waals surface area contributed by atoms with Gasteiger partial charge in [0.05, 0.1) is 6.61 Å². The maximum atomic E-state index is 12.8. The van der Waals surface area contributed by atoms with Gasteiger partial charge in [-0.25, -0.2) is 9.18 Å². The smallest absolute Gasteiger partial charge is 0.414 e. The SMILES string of the molecule is CCOC(=O)N(CCCN)c1ccc(F)cc1. The molecule has 17 heavy (non-hydrogen) atoms. The van der Waals surface area contributed by atoms with Crippen molar-refractivity contribution in [3.05, 3.63) is 30.1 Å². The Morgan fingerprint density at radius 2 is 2.06 bits per heavy atom. The average molecular weight is 240 g/mol. The topological polar surface area (TPSA) is 55.6 Å². The predicted molar refractivity (Wildman–Crippen MR) is 64.4 cm³/mol. The molecule has 2 N–H and O–H groups in total. The molecule has 0 fully saturated rings. The van der Waals surface area contributed by atoms with Gasteiger partial charge >= 0.3 is 6.09 Å². The van der Waals surface area contributed by atoms with Crippen LogP contribution in [0.1, 0.15) is 13.3 Å². The summed E-state index contributed by atoms with van der Waals surface area (Å²) in [7, 11) is 0. The minimum Gasteiger partial charge on any atom is -0.449 e. The van der Waals surface area contributed by atoms with Crippen molar-refractivity contribution in [1.29, 1.82) is 0 Å². The van der Waals surface area contributed by atoms with Crippen molar-refractivity contribution in [2.45, 2.75) is 13.3 Å². The van der Waals surface area contributed by atoms with E-state index in [4.69, 9.17) is 10.5 Å². The molecule has 0 aliphatic carbocycles. The molecule has 0 aliphatic rings. The van der Waals surface area contributed by atoms with Gasteiger partial charge in [0.15, 0.2) is 0 Å². The van der Waals surface area contributed by atoms with E-state index in [9.17, 15) is 9.18 Å². The van der Waals surface area contributed by atoms with E-state index >= 15 is 0 Å². The highest BCUT2D eigenvalue weighted by atomic mass is 19.1. The first-order chi connectivity index (χ1) is 8.19. The Bertz CT molecular complexity index is 354. The molecule has 0 unspecified atom stereocenters. The van der Waals surface area contributed by atoms with Crippen molar-refractivity contribution in [3.8, 4) is 0 Å². The van der Waals surface area contributed by atoms with Gasteiger partial charge in [0.25, 0.3) is 0 Å². The molecular formula is C12H17FN2O2. The Balaban J connectivity index is 2.81. The molecule has 4 nitrogen and oxygen atoms in total. The van der Waals surface area contributed by atoms with Gasteiger partial charge < -0.3 is 10.5 Å². The van der Waals surface area contributed by atoms with Crippen molar-refractivity contribution in [2.24, 2.45) is 5.73 Å². The van der Waals surface area contributed by atoms with Crippen LogP contribution in [0, 0.1) is 5.82 Å². The highest BCUT2D eigenvalue weighted by Crippen LogP contribution is 2.16. The lowest BCUT2D eigenvalue weighted by atomic mass is 10.2. The Morgan fingerprint density at radius 1 is 1.41 bits per heavy atom. The number of amides is 1. The zero-order chi connectivity index (χ0) is 12.7. The standard InChI is InChI=1S/C12H17FN2O2/c1-2-17-12(16)15(9-3-8-14)11-6-4-10(13)5-7-11/h4-7H,2-3,8-9,14H2,1H3. The molecule has 0 saturated carbocycles. The van der Waals surface area contributed by atoms with Crippen LogP contribution < -0.4 is 10.6 Å². The molecule has 1 aromatic rings. The third-order valence-corrected chi connectivity index (χ3v) is 2.21. The number of nitrogens with zero attached hydrogens (tertiary/aromatic N) is 1. The summed E-state index contributed by atoms with van der Waals surface area (Å²) in [4.78, 5) is 13.2. The third-order valence-electron chi connectivity index (χ3n) is 2.21. The maximum absolute atomic E-state index is 12.8. The van der Waals surface area contributed by atoms with Crippen LogP contribution in [0.25, 0.3) is 0 Å². The van der Waals surface area contributed by atoms with E-state index in [0.717, 1.165) is 0 Å². The fourth-order valence-electron chi connectivity index (χ4n) is 1.40. The number of rotatable bonds is 5. The molecule has 0 aliphatic heterocycles. The van der Waals surface area contributed by atoms with E-state index in [1.54, 1.807) is 19.1 Å². The second-order valence-electron chi connectivity index (χ2n) is 3.47. The number of nitrogens with two attached hydrogens (primary N) is 1. The molecule has 0 aromatic heterocycles. The number of carbonyl (C=O) groups is 1. The molecule has 0 spiro atoms. The molecule has 5 heteroatoms. The summed E-state index contributed by atoms with van der Waals surface area (Å²) in [5, 5.41) is 0. The number of anilines is 1.